The second kappa shape index (κ2) is 6.88. The molecule has 0 bridgehead atoms. The van der Waals surface area contributed by atoms with Crippen molar-refractivity contribution < 1.29 is 4.79 Å². The summed E-state index contributed by atoms with van der Waals surface area (Å²) in [6, 6.07) is 13.7. The zero-order valence-electron chi connectivity index (χ0n) is 12.7. The van der Waals surface area contributed by atoms with Crippen LogP contribution in [-0.4, -0.2) is 24.3 Å². The highest BCUT2D eigenvalue weighted by atomic mass is 35.5. The number of carbonyl (C=O) groups is 1. The second-order valence-corrected chi connectivity index (χ2v) is 5.98. The van der Waals surface area contributed by atoms with Gasteiger partial charge in [0.1, 0.15) is 0 Å². The number of halogens is 1. The van der Waals surface area contributed by atoms with E-state index in [0.29, 0.717) is 6.54 Å². The summed E-state index contributed by atoms with van der Waals surface area (Å²) in [6.45, 7) is 5.16. The number of benzene rings is 2. The topological polar surface area (TPSA) is 20.3 Å². The van der Waals surface area contributed by atoms with Crippen LogP contribution < -0.4 is 0 Å². The Morgan fingerprint density at radius 2 is 1.76 bits per heavy atom. The Morgan fingerprint density at radius 3 is 2.38 bits per heavy atom. The fraction of sp³-hybridized carbons (Fsp3) is 0.278. The Balaban J connectivity index is 2.00. The van der Waals surface area contributed by atoms with Gasteiger partial charge in [-0.2, -0.15) is 0 Å². The molecule has 0 heterocycles. The molecule has 0 aromatic heterocycles. The molecule has 0 aliphatic heterocycles. The van der Waals surface area contributed by atoms with E-state index in [2.05, 4.69) is 0 Å². The van der Waals surface area contributed by atoms with Crippen molar-refractivity contribution in [2.24, 2.45) is 0 Å². The van der Waals surface area contributed by atoms with Gasteiger partial charge in [0.15, 0.2) is 5.78 Å². The molecule has 2 rings (SSSR count). The largest absolute Gasteiger partial charge is 0.295 e. The van der Waals surface area contributed by atoms with Gasteiger partial charge in [-0.15, -0.1) is 0 Å². The van der Waals surface area contributed by atoms with Crippen LogP contribution in [0.1, 0.15) is 27.0 Å². The van der Waals surface area contributed by atoms with E-state index in [4.69, 9.17) is 11.6 Å². The average Bonchev–Trinajstić information content (AvgIpc) is 2.41. The van der Waals surface area contributed by atoms with Crippen LogP contribution >= 0.6 is 11.6 Å². The van der Waals surface area contributed by atoms with Crippen molar-refractivity contribution in [1.29, 1.82) is 0 Å². The number of hydrogen-bond donors (Lipinski definition) is 0. The molecule has 0 spiro atoms. The predicted molar refractivity (Wildman–Crippen MR) is 88.0 cm³/mol. The molecule has 0 atom stereocenters. The average molecular weight is 302 g/mol. The van der Waals surface area contributed by atoms with Crippen LogP contribution in [0, 0.1) is 13.8 Å². The van der Waals surface area contributed by atoms with Gasteiger partial charge in [-0.3, -0.25) is 9.69 Å². The lowest BCUT2D eigenvalue weighted by Crippen LogP contribution is -2.26. The zero-order valence-corrected chi connectivity index (χ0v) is 13.4. The van der Waals surface area contributed by atoms with Gasteiger partial charge in [-0.1, -0.05) is 47.5 Å². The Morgan fingerprint density at radius 1 is 1.10 bits per heavy atom. The van der Waals surface area contributed by atoms with E-state index >= 15 is 0 Å². The molecular weight excluding hydrogens is 282 g/mol. The molecule has 2 aromatic carbocycles. The third-order valence-electron chi connectivity index (χ3n) is 3.46. The molecular formula is C18H20ClNO. The molecule has 0 saturated heterocycles. The summed E-state index contributed by atoms with van der Waals surface area (Å²) in [5.74, 6) is 0.156. The van der Waals surface area contributed by atoms with Gasteiger partial charge >= 0.3 is 0 Å². The molecule has 21 heavy (non-hydrogen) atoms. The van der Waals surface area contributed by atoms with Gasteiger partial charge in [0, 0.05) is 17.1 Å². The maximum Gasteiger partial charge on any atom is 0.177 e. The van der Waals surface area contributed by atoms with Gasteiger partial charge in [-0.05, 0) is 44.2 Å². The number of Topliss-reactive ketones (excluding diaryl/α,β-unsaturated/α-hetero) is 1. The molecule has 2 aromatic rings. The minimum atomic E-state index is 0.156. The van der Waals surface area contributed by atoms with Crippen molar-refractivity contribution in [3.63, 3.8) is 0 Å². The monoisotopic (exact) mass is 301 g/mol. The highest BCUT2D eigenvalue weighted by Gasteiger charge is 2.12. The number of nitrogens with zero attached hydrogens (tertiary/aromatic N) is 1. The van der Waals surface area contributed by atoms with Crippen molar-refractivity contribution in [3.05, 3.63) is 69.7 Å². The molecule has 0 fully saturated rings. The molecule has 0 saturated carbocycles. The third-order valence-corrected chi connectivity index (χ3v) is 3.71. The summed E-state index contributed by atoms with van der Waals surface area (Å²) in [4.78, 5) is 14.4. The van der Waals surface area contributed by atoms with Crippen LogP contribution in [0.15, 0.2) is 42.5 Å². The van der Waals surface area contributed by atoms with Crippen LogP contribution in [0.2, 0.25) is 5.02 Å². The molecule has 0 radical (unpaired) electrons. The minimum absolute atomic E-state index is 0.156. The van der Waals surface area contributed by atoms with E-state index in [1.165, 1.54) is 5.56 Å². The van der Waals surface area contributed by atoms with E-state index in [0.717, 1.165) is 28.3 Å². The summed E-state index contributed by atoms with van der Waals surface area (Å²) in [5.41, 5.74) is 4.18. The number of carbonyl (C=O) groups excluding carboxylic acids is 1. The summed E-state index contributed by atoms with van der Waals surface area (Å²) in [7, 11) is 1.95. The Labute approximate surface area is 131 Å². The number of aryl methyl sites for hydroxylation is 2. The quantitative estimate of drug-likeness (QED) is 0.769. The van der Waals surface area contributed by atoms with Gasteiger partial charge < -0.3 is 0 Å². The maximum atomic E-state index is 12.4. The molecule has 3 heteroatoms. The molecule has 0 N–H and O–H groups in total. The molecule has 110 valence electrons. The normalized spacial score (nSPS) is 10.9. The highest BCUT2D eigenvalue weighted by molar-refractivity contribution is 6.30. The van der Waals surface area contributed by atoms with Gasteiger partial charge in [0.05, 0.1) is 6.54 Å². The fourth-order valence-corrected chi connectivity index (χ4v) is 2.54. The van der Waals surface area contributed by atoms with Crippen molar-refractivity contribution >= 4 is 17.4 Å². The Bertz CT molecular complexity index is 634. The van der Waals surface area contributed by atoms with E-state index in [1.54, 1.807) is 0 Å². The van der Waals surface area contributed by atoms with Crippen molar-refractivity contribution in [2.45, 2.75) is 20.4 Å². The van der Waals surface area contributed by atoms with Crippen molar-refractivity contribution in [2.75, 3.05) is 13.6 Å². The lowest BCUT2D eigenvalue weighted by molar-refractivity contribution is 0.0942. The zero-order chi connectivity index (χ0) is 15.4. The van der Waals surface area contributed by atoms with E-state index < -0.39 is 0 Å². The smallest absolute Gasteiger partial charge is 0.177 e. The van der Waals surface area contributed by atoms with Crippen LogP contribution in [-0.2, 0) is 6.54 Å². The lowest BCUT2D eigenvalue weighted by Gasteiger charge is -2.16. The maximum absolute atomic E-state index is 12.4. The molecule has 0 aliphatic carbocycles. The molecule has 0 aliphatic rings. The minimum Gasteiger partial charge on any atom is -0.295 e. The lowest BCUT2D eigenvalue weighted by atomic mass is 10.0. The van der Waals surface area contributed by atoms with E-state index in [-0.39, 0.29) is 5.78 Å². The van der Waals surface area contributed by atoms with Gasteiger partial charge in [0.2, 0.25) is 0 Å². The van der Waals surface area contributed by atoms with Crippen molar-refractivity contribution in [3.8, 4) is 0 Å². The standard InChI is InChI=1S/C18H20ClNO/c1-13-4-9-17(14(2)10-13)18(21)12-20(3)11-15-5-7-16(19)8-6-15/h4-10H,11-12H2,1-3H3. The molecule has 0 amide bonds. The molecule has 0 unspecified atom stereocenters. The first-order chi connectivity index (χ1) is 9.95. The van der Waals surface area contributed by atoms with Crippen LogP contribution in [0.4, 0.5) is 0 Å². The highest BCUT2D eigenvalue weighted by Crippen LogP contribution is 2.14. The van der Waals surface area contributed by atoms with Crippen LogP contribution in [0.3, 0.4) is 0 Å². The number of hydrogen-bond acceptors (Lipinski definition) is 2. The Hall–Kier alpha value is -1.64. The summed E-state index contributed by atoms with van der Waals surface area (Å²) in [5, 5.41) is 0.729. The third kappa shape index (κ3) is 4.42. The van der Waals surface area contributed by atoms with E-state index in [9.17, 15) is 4.79 Å². The number of rotatable bonds is 5. The first kappa shape index (κ1) is 15.7. The predicted octanol–water partition coefficient (Wildman–Crippen LogP) is 4.27. The summed E-state index contributed by atoms with van der Waals surface area (Å²) >= 11 is 5.88. The molecule has 2 nitrogen and oxygen atoms in total. The van der Waals surface area contributed by atoms with Crippen LogP contribution in [0.5, 0.6) is 0 Å². The van der Waals surface area contributed by atoms with Crippen molar-refractivity contribution in [1.82, 2.24) is 4.90 Å². The van der Waals surface area contributed by atoms with E-state index in [1.807, 2.05) is 68.3 Å². The first-order valence-electron chi connectivity index (χ1n) is 6.99. The van der Waals surface area contributed by atoms with Crippen LogP contribution in [0.25, 0.3) is 0 Å². The van der Waals surface area contributed by atoms with Gasteiger partial charge in [-0.25, -0.2) is 0 Å². The second-order valence-electron chi connectivity index (χ2n) is 5.54. The number of ketones is 1. The summed E-state index contributed by atoms with van der Waals surface area (Å²) < 4.78 is 0. The number of likely N-dealkylation sites (N-methyl/N-ethyl adjacent to an activating group) is 1. The summed E-state index contributed by atoms with van der Waals surface area (Å²) in [6.07, 6.45) is 0. The fourth-order valence-electron chi connectivity index (χ4n) is 2.41. The first-order valence-corrected chi connectivity index (χ1v) is 7.37. The van der Waals surface area contributed by atoms with Gasteiger partial charge in [0.25, 0.3) is 0 Å². The Kier molecular flexibility index (Phi) is 5.16. The SMILES string of the molecule is Cc1ccc(C(=O)CN(C)Cc2ccc(Cl)cc2)c(C)c1.